The summed E-state index contributed by atoms with van der Waals surface area (Å²) < 4.78 is 4.51. The van der Waals surface area contributed by atoms with Crippen LogP contribution in [-0.2, 0) is 0 Å². The summed E-state index contributed by atoms with van der Waals surface area (Å²) >= 11 is 0. The van der Waals surface area contributed by atoms with Crippen LogP contribution in [0.5, 0.6) is 0 Å². The number of likely N-dealkylation sites (tertiary alicyclic amines) is 1. The maximum atomic E-state index is 12.4. The van der Waals surface area contributed by atoms with Gasteiger partial charge in [-0.3, -0.25) is 4.79 Å². The number of nitrogens with two attached hydrogens (primary N) is 1. The third-order valence-corrected chi connectivity index (χ3v) is 4.22. The van der Waals surface area contributed by atoms with E-state index >= 15 is 0 Å². The summed E-state index contributed by atoms with van der Waals surface area (Å²) in [6, 6.07) is 0.357. The number of anilines is 1. The van der Waals surface area contributed by atoms with Crippen LogP contribution in [-0.4, -0.2) is 33.7 Å². The van der Waals surface area contributed by atoms with Gasteiger partial charge in [-0.1, -0.05) is 12.8 Å². The molecule has 2 aliphatic rings. The average molecular weight is 250 g/mol. The molecule has 2 N–H and O–H groups in total. The molecule has 1 aromatic rings. The van der Waals surface area contributed by atoms with E-state index in [1.807, 2.05) is 4.90 Å². The number of rotatable bonds is 2. The van der Waals surface area contributed by atoms with Crippen molar-refractivity contribution in [1.82, 2.24) is 15.2 Å². The molecule has 1 unspecified atom stereocenters. The lowest BCUT2D eigenvalue weighted by molar-refractivity contribution is 0.0678. The molecule has 1 aromatic heterocycles. The molecule has 0 aromatic carbocycles. The Kier molecular flexibility index (Phi) is 2.93. The fraction of sp³-hybridized carbons (Fsp3) is 0.750. The van der Waals surface area contributed by atoms with Gasteiger partial charge in [0.25, 0.3) is 5.91 Å². The number of carbonyl (C=O) groups is 1. The highest BCUT2D eigenvalue weighted by Crippen LogP contribution is 2.36. The molecule has 0 bridgehead atoms. The normalized spacial score (nSPS) is 24.9. The van der Waals surface area contributed by atoms with Gasteiger partial charge >= 0.3 is 0 Å². The molecule has 6 nitrogen and oxygen atoms in total. The summed E-state index contributed by atoms with van der Waals surface area (Å²) in [5.41, 5.74) is 5.76. The highest BCUT2D eigenvalue weighted by atomic mass is 16.6. The second kappa shape index (κ2) is 4.59. The van der Waals surface area contributed by atoms with E-state index < -0.39 is 0 Å². The summed E-state index contributed by atoms with van der Waals surface area (Å²) in [4.78, 5) is 14.3. The van der Waals surface area contributed by atoms with Gasteiger partial charge in [-0.05, 0) is 41.9 Å². The summed E-state index contributed by atoms with van der Waals surface area (Å²) in [6.07, 6.45) is 7.22. The Bertz CT molecular complexity index is 439. The predicted octanol–water partition coefficient (Wildman–Crippen LogP) is 1.45. The quantitative estimate of drug-likeness (QED) is 0.858. The van der Waals surface area contributed by atoms with Crippen molar-refractivity contribution in [3.63, 3.8) is 0 Å². The first-order chi connectivity index (χ1) is 8.77. The minimum absolute atomic E-state index is 0.0945. The standard InChI is InChI=1S/C12H18N4O2/c13-11-10(14-18-15-11)12(17)16-7-3-6-9(16)8-4-1-2-5-8/h8-9H,1-7H2,(H2,13,15). The number of hydrogen-bond acceptors (Lipinski definition) is 5. The van der Waals surface area contributed by atoms with Crippen molar-refractivity contribution < 1.29 is 9.42 Å². The van der Waals surface area contributed by atoms with Crippen molar-refractivity contribution in [2.24, 2.45) is 5.92 Å². The number of nitrogen functional groups attached to an aromatic ring is 1. The Morgan fingerprint density at radius 3 is 2.67 bits per heavy atom. The fourth-order valence-corrected chi connectivity index (χ4v) is 3.36. The van der Waals surface area contributed by atoms with E-state index in [1.165, 1.54) is 25.7 Å². The maximum absolute atomic E-state index is 12.4. The van der Waals surface area contributed by atoms with Gasteiger partial charge in [0, 0.05) is 12.6 Å². The second-order valence-electron chi connectivity index (χ2n) is 5.25. The highest BCUT2D eigenvalue weighted by molar-refractivity contribution is 5.96. The van der Waals surface area contributed by atoms with Crippen LogP contribution in [0.3, 0.4) is 0 Å². The van der Waals surface area contributed by atoms with Gasteiger partial charge in [0.2, 0.25) is 11.5 Å². The minimum atomic E-state index is -0.122. The van der Waals surface area contributed by atoms with Crippen LogP contribution in [0.1, 0.15) is 49.0 Å². The minimum Gasteiger partial charge on any atom is -0.379 e. The predicted molar refractivity (Wildman–Crippen MR) is 64.7 cm³/mol. The van der Waals surface area contributed by atoms with Gasteiger partial charge in [-0.25, -0.2) is 4.63 Å². The SMILES string of the molecule is Nc1nonc1C(=O)N1CCCC1C1CCCC1. The molecule has 18 heavy (non-hydrogen) atoms. The monoisotopic (exact) mass is 250 g/mol. The number of aromatic nitrogens is 2. The molecule has 1 saturated carbocycles. The molecule has 6 heteroatoms. The zero-order valence-electron chi connectivity index (χ0n) is 10.3. The molecule has 1 atom stereocenters. The smallest absolute Gasteiger partial charge is 0.280 e. The second-order valence-corrected chi connectivity index (χ2v) is 5.25. The largest absolute Gasteiger partial charge is 0.379 e. The van der Waals surface area contributed by atoms with Crippen LogP contribution in [0, 0.1) is 5.92 Å². The first kappa shape index (κ1) is 11.5. The molecular weight excluding hydrogens is 232 g/mol. The van der Waals surface area contributed by atoms with Crippen molar-refractivity contribution in [3.05, 3.63) is 5.69 Å². The maximum Gasteiger partial charge on any atom is 0.280 e. The topological polar surface area (TPSA) is 85.2 Å². The number of nitrogens with zero attached hydrogens (tertiary/aromatic N) is 3. The van der Waals surface area contributed by atoms with Gasteiger partial charge < -0.3 is 10.6 Å². The first-order valence-corrected chi connectivity index (χ1v) is 6.66. The zero-order chi connectivity index (χ0) is 12.5. The van der Waals surface area contributed by atoms with E-state index in [1.54, 1.807) is 0 Å². The van der Waals surface area contributed by atoms with E-state index in [9.17, 15) is 4.79 Å². The van der Waals surface area contributed by atoms with Crippen LogP contribution in [0.25, 0.3) is 0 Å². The Morgan fingerprint density at radius 1 is 1.22 bits per heavy atom. The van der Waals surface area contributed by atoms with Crippen molar-refractivity contribution in [3.8, 4) is 0 Å². The third-order valence-electron chi connectivity index (χ3n) is 4.22. The molecule has 0 radical (unpaired) electrons. The molecule has 2 fully saturated rings. The molecule has 98 valence electrons. The molecule has 1 aliphatic carbocycles. The molecular formula is C12H18N4O2. The summed E-state index contributed by atoms with van der Waals surface area (Å²) in [5, 5.41) is 7.09. The van der Waals surface area contributed by atoms with E-state index in [0.717, 1.165) is 19.4 Å². The lowest BCUT2D eigenvalue weighted by Gasteiger charge is -2.28. The van der Waals surface area contributed by atoms with Crippen LogP contribution in [0.2, 0.25) is 0 Å². The first-order valence-electron chi connectivity index (χ1n) is 6.66. The van der Waals surface area contributed by atoms with Gasteiger partial charge in [0.1, 0.15) is 0 Å². The zero-order valence-corrected chi connectivity index (χ0v) is 10.3. The molecule has 1 saturated heterocycles. The van der Waals surface area contributed by atoms with Gasteiger partial charge in [0.05, 0.1) is 0 Å². The molecule has 1 aliphatic heterocycles. The van der Waals surface area contributed by atoms with Crippen molar-refractivity contribution >= 4 is 11.7 Å². The third kappa shape index (κ3) is 1.85. The van der Waals surface area contributed by atoms with Crippen LogP contribution in [0.4, 0.5) is 5.82 Å². The van der Waals surface area contributed by atoms with Crippen LogP contribution in [0.15, 0.2) is 4.63 Å². The summed E-state index contributed by atoms with van der Waals surface area (Å²) in [7, 11) is 0. The van der Waals surface area contributed by atoms with E-state index in [2.05, 4.69) is 14.9 Å². The van der Waals surface area contributed by atoms with Gasteiger partial charge in [0.15, 0.2) is 0 Å². The van der Waals surface area contributed by atoms with Crippen molar-refractivity contribution in [2.75, 3.05) is 12.3 Å². The molecule has 3 rings (SSSR count). The van der Waals surface area contributed by atoms with E-state index in [0.29, 0.717) is 12.0 Å². The van der Waals surface area contributed by atoms with Crippen molar-refractivity contribution in [1.29, 1.82) is 0 Å². The average Bonchev–Trinajstić information content (AvgIpc) is 3.09. The Labute approximate surface area is 105 Å². The number of amides is 1. The molecule has 1 amide bonds. The number of carbonyl (C=O) groups excluding carboxylic acids is 1. The lowest BCUT2D eigenvalue weighted by Crippen LogP contribution is -2.39. The van der Waals surface area contributed by atoms with Crippen LogP contribution >= 0.6 is 0 Å². The van der Waals surface area contributed by atoms with Gasteiger partial charge in [-0.2, -0.15) is 0 Å². The Morgan fingerprint density at radius 2 is 2.00 bits per heavy atom. The highest BCUT2D eigenvalue weighted by Gasteiger charge is 2.37. The Balaban J connectivity index is 1.78. The van der Waals surface area contributed by atoms with E-state index in [-0.39, 0.29) is 17.4 Å². The van der Waals surface area contributed by atoms with E-state index in [4.69, 9.17) is 5.73 Å². The summed E-state index contributed by atoms with van der Waals surface area (Å²) in [5.74, 6) is 0.623. The Hall–Kier alpha value is -1.59. The fourth-order valence-electron chi connectivity index (χ4n) is 3.36. The molecule has 2 heterocycles. The lowest BCUT2D eigenvalue weighted by atomic mass is 9.96. The molecule has 0 spiro atoms. The number of hydrogen-bond donors (Lipinski definition) is 1. The summed E-state index contributed by atoms with van der Waals surface area (Å²) in [6.45, 7) is 0.798. The van der Waals surface area contributed by atoms with Crippen LogP contribution < -0.4 is 5.73 Å². The van der Waals surface area contributed by atoms with Gasteiger partial charge in [-0.15, -0.1) is 0 Å². The van der Waals surface area contributed by atoms with Crippen molar-refractivity contribution in [2.45, 2.75) is 44.6 Å².